The number of hydrogen-bond acceptors (Lipinski definition) is 4. The van der Waals surface area contributed by atoms with Gasteiger partial charge in [-0.2, -0.15) is 0 Å². The van der Waals surface area contributed by atoms with Gasteiger partial charge in [-0.05, 0) is 25.1 Å². The molecule has 0 saturated carbocycles. The summed E-state index contributed by atoms with van der Waals surface area (Å²) in [5, 5.41) is 17.8. The number of ether oxygens (including phenoxy) is 1. The number of carbonyl (C=O) groups is 1. The van der Waals surface area contributed by atoms with Crippen molar-refractivity contribution in [2.75, 3.05) is 32.8 Å². The number of benzene rings is 1. The minimum Gasteiger partial charge on any atom is -0.491 e. The minimum absolute atomic E-state index is 0.180. The van der Waals surface area contributed by atoms with Crippen molar-refractivity contribution in [3.63, 3.8) is 0 Å². The summed E-state index contributed by atoms with van der Waals surface area (Å²) in [5.74, 6) is -0.587. The summed E-state index contributed by atoms with van der Waals surface area (Å²) in [5.41, 5.74) is 0.181. The summed E-state index contributed by atoms with van der Waals surface area (Å²) in [6.07, 6.45) is 0.736. The molecule has 2 N–H and O–H groups in total. The quantitative estimate of drug-likeness (QED) is 0.709. The van der Waals surface area contributed by atoms with Crippen molar-refractivity contribution in [3.8, 4) is 5.75 Å². The molecule has 0 bridgehead atoms. The second-order valence-electron chi connectivity index (χ2n) is 4.16. The first kappa shape index (κ1) is 15.5. The van der Waals surface area contributed by atoms with Gasteiger partial charge >= 0.3 is 5.97 Å². The van der Waals surface area contributed by atoms with Crippen LogP contribution in [-0.2, 0) is 0 Å². The van der Waals surface area contributed by atoms with E-state index in [0.29, 0.717) is 18.9 Å². The topological polar surface area (TPSA) is 70.0 Å². The lowest BCUT2D eigenvalue weighted by Gasteiger charge is -2.20. The number of para-hydroxylation sites is 1. The third kappa shape index (κ3) is 5.28. The van der Waals surface area contributed by atoms with Crippen LogP contribution in [0.25, 0.3) is 0 Å². The molecule has 1 aromatic carbocycles. The van der Waals surface area contributed by atoms with Crippen LogP contribution in [0.1, 0.15) is 23.7 Å². The third-order valence-electron chi connectivity index (χ3n) is 2.86. The molecule has 106 valence electrons. The van der Waals surface area contributed by atoms with Crippen molar-refractivity contribution in [2.45, 2.75) is 13.3 Å². The smallest absolute Gasteiger partial charge is 0.339 e. The van der Waals surface area contributed by atoms with Gasteiger partial charge in [0.1, 0.15) is 17.9 Å². The van der Waals surface area contributed by atoms with E-state index < -0.39 is 5.97 Å². The monoisotopic (exact) mass is 267 g/mol. The zero-order valence-electron chi connectivity index (χ0n) is 11.2. The van der Waals surface area contributed by atoms with Gasteiger partial charge in [-0.1, -0.05) is 19.1 Å². The molecule has 19 heavy (non-hydrogen) atoms. The molecule has 0 heterocycles. The van der Waals surface area contributed by atoms with E-state index in [9.17, 15) is 4.79 Å². The van der Waals surface area contributed by atoms with E-state index in [0.717, 1.165) is 19.5 Å². The molecule has 0 spiro atoms. The van der Waals surface area contributed by atoms with Crippen molar-refractivity contribution in [1.29, 1.82) is 0 Å². The first-order valence-electron chi connectivity index (χ1n) is 6.47. The summed E-state index contributed by atoms with van der Waals surface area (Å²) >= 11 is 0. The van der Waals surface area contributed by atoms with Crippen molar-refractivity contribution in [3.05, 3.63) is 29.8 Å². The number of aromatic carboxylic acids is 1. The molecular formula is C14H21NO4. The molecule has 1 aromatic rings. The Labute approximate surface area is 113 Å². The molecule has 0 saturated heterocycles. The number of rotatable bonds is 9. The van der Waals surface area contributed by atoms with Crippen molar-refractivity contribution in [2.24, 2.45) is 0 Å². The maximum Gasteiger partial charge on any atom is 0.339 e. The highest BCUT2D eigenvalue weighted by Crippen LogP contribution is 2.17. The SMILES string of the molecule is CCN(CCCO)CCOc1ccccc1C(=O)O. The molecular weight excluding hydrogens is 246 g/mol. The number of nitrogens with zero attached hydrogens (tertiary/aromatic N) is 1. The van der Waals surface area contributed by atoms with E-state index in [2.05, 4.69) is 4.90 Å². The summed E-state index contributed by atoms with van der Waals surface area (Å²) in [6.45, 7) is 5.07. The average Bonchev–Trinajstić information content (AvgIpc) is 2.43. The summed E-state index contributed by atoms with van der Waals surface area (Å²) in [6, 6.07) is 6.62. The molecule has 0 amide bonds. The first-order chi connectivity index (χ1) is 9.19. The molecule has 0 aromatic heterocycles. The summed E-state index contributed by atoms with van der Waals surface area (Å²) in [7, 11) is 0. The first-order valence-corrected chi connectivity index (χ1v) is 6.47. The molecule has 0 atom stereocenters. The van der Waals surface area contributed by atoms with Crippen LogP contribution in [0, 0.1) is 0 Å². The van der Waals surface area contributed by atoms with Gasteiger partial charge in [-0.25, -0.2) is 4.79 Å². The third-order valence-corrected chi connectivity index (χ3v) is 2.86. The number of hydrogen-bond donors (Lipinski definition) is 2. The fourth-order valence-corrected chi connectivity index (χ4v) is 1.78. The van der Waals surface area contributed by atoms with Gasteiger partial charge in [0.2, 0.25) is 0 Å². The van der Waals surface area contributed by atoms with Crippen molar-refractivity contribution in [1.82, 2.24) is 4.90 Å². The Morgan fingerprint density at radius 2 is 2.05 bits per heavy atom. The van der Waals surface area contributed by atoms with Gasteiger partial charge in [-0.3, -0.25) is 0 Å². The lowest BCUT2D eigenvalue weighted by molar-refractivity contribution is 0.0691. The van der Waals surface area contributed by atoms with Crippen LogP contribution in [0.3, 0.4) is 0 Å². The molecule has 1 rings (SSSR count). The van der Waals surface area contributed by atoms with Crippen LogP contribution in [0.15, 0.2) is 24.3 Å². The Morgan fingerprint density at radius 3 is 2.68 bits per heavy atom. The zero-order valence-corrected chi connectivity index (χ0v) is 11.2. The van der Waals surface area contributed by atoms with E-state index in [1.54, 1.807) is 18.2 Å². The van der Waals surface area contributed by atoms with E-state index in [-0.39, 0.29) is 12.2 Å². The molecule has 0 radical (unpaired) electrons. The molecule has 0 aliphatic carbocycles. The number of aliphatic hydroxyl groups is 1. The largest absolute Gasteiger partial charge is 0.491 e. The van der Waals surface area contributed by atoms with Gasteiger partial charge in [0, 0.05) is 19.7 Å². The molecule has 0 aliphatic heterocycles. The second kappa shape index (κ2) is 8.50. The maximum absolute atomic E-state index is 11.0. The highest BCUT2D eigenvalue weighted by molar-refractivity contribution is 5.90. The average molecular weight is 267 g/mol. The standard InChI is InChI=1S/C14H21NO4/c1-2-15(8-5-10-16)9-11-19-13-7-4-3-6-12(13)14(17)18/h3-4,6-7,16H,2,5,8-11H2,1H3,(H,17,18). The molecule has 5 heteroatoms. The molecule has 0 fully saturated rings. The predicted octanol–water partition coefficient (Wildman–Crippen LogP) is 1.47. The number of carboxylic acid groups (broad SMARTS) is 1. The van der Waals surface area contributed by atoms with Gasteiger partial charge < -0.3 is 19.8 Å². The highest BCUT2D eigenvalue weighted by Gasteiger charge is 2.10. The number of aliphatic hydroxyl groups excluding tert-OH is 1. The molecule has 0 aliphatic rings. The Kier molecular flexibility index (Phi) is 6.92. The van der Waals surface area contributed by atoms with E-state index >= 15 is 0 Å². The Morgan fingerprint density at radius 1 is 1.32 bits per heavy atom. The van der Waals surface area contributed by atoms with Crippen LogP contribution < -0.4 is 4.74 Å². The lowest BCUT2D eigenvalue weighted by Crippen LogP contribution is -2.29. The van der Waals surface area contributed by atoms with Gasteiger partial charge in [0.05, 0.1) is 0 Å². The fraction of sp³-hybridized carbons (Fsp3) is 0.500. The minimum atomic E-state index is -0.983. The molecule has 5 nitrogen and oxygen atoms in total. The second-order valence-corrected chi connectivity index (χ2v) is 4.16. The van der Waals surface area contributed by atoms with Crippen LogP contribution in [0.2, 0.25) is 0 Å². The predicted molar refractivity (Wildman–Crippen MR) is 72.7 cm³/mol. The van der Waals surface area contributed by atoms with Crippen molar-refractivity contribution >= 4 is 5.97 Å². The summed E-state index contributed by atoms with van der Waals surface area (Å²) < 4.78 is 5.53. The van der Waals surface area contributed by atoms with Crippen LogP contribution >= 0.6 is 0 Å². The van der Waals surface area contributed by atoms with Crippen molar-refractivity contribution < 1.29 is 19.7 Å². The number of carboxylic acids is 1. The Hall–Kier alpha value is -1.59. The Bertz CT molecular complexity index is 395. The maximum atomic E-state index is 11.0. The molecule has 0 unspecified atom stereocenters. The van der Waals surface area contributed by atoms with E-state index in [1.165, 1.54) is 6.07 Å². The lowest BCUT2D eigenvalue weighted by atomic mass is 10.2. The number of likely N-dealkylation sites (N-methyl/N-ethyl adjacent to an activating group) is 1. The zero-order chi connectivity index (χ0) is 14.1. The normalized spacial score (nSPS) is 10.7. The fourth-order valence-electron chi connectivity index (χ4n) is 1.78. The van der Waals surface area contributed by atoms with Crippen LogP contribution in [-0.4, -0.2) is 53.9 Å². The van der Waals surface area contributed by atoms with Gasteiger partial charge in [0.25, 0.3) is 0 Å². The Balaban J connectivity index is 2.46. The van der Waals surface area contributed by atoms with Gasteiger partial charge in [0.15, 0.2) is 0 Å². The highest BCUT2D eigenvalue weighted by atomic mass is 16.5. The van der Waals surface area contributed by atoms with Crippen LogP contribution in [0.4, 0.5) is 0 Å². The van der Waals surface area contributed by atoms with E-state index in [4.69, 9.17) is 14.9 Å². The summed E-state index contributed by atoms with van der Waals surface area (Å²) in [4.78, 5) is 13.2. The van der Waals surface area contributed by atoms with Crippen LogP contribution in [0.5, 0.6) is 5.75 Å². The van der Waals surface area contributed by atoms with Gasteiger partial charge in [-0.15, -0.1) is 0 Å². The van der Waals surface area contributed by atoms with E-state index in [1.807, 2.05) is 6.92 Å².